The summed E-state index contributed by atoms with van der Waals surface area (Å²) in [6, 6.07) is 21.8. The fourth-order valence-corrected chi connectivity index (χ4v) is 5.53. The predicted molar refractivity (Wildman–Crippen MR) is 160 cm³/mol. The van der Waals surface area contributed by atoms with Crippen LogP contribution >= 0.6 is 0 Å². The molecule has 222 valence electrons. The molecule has 0 radical (unpaired) electrons. The summed E-state index contributed by atoms with van der Waals surface area (Å²) in [6.45, 7) is 1.30. The van der Waals surface area contributed by atoms with Crippen LogP contribution in [0.25, 0.3) is 0 Å². The number of amides is 4. The molecular weight excluding hydrogens is 535 g/mol. The number of nitrogens with zero attached hydrogens (tertiary/aromatic N) is 2. The van der Waals surface area contributed by atoms with Crippen molar-refractivity contribution in [3.8, 4) is 0 Å². The number of benzene rings is 3. The molecule has 1 fully saturated rings. The van der Waals surface area contributed by atoms with E-state index in [0.29, 0.717) is 31.7 Å². The molecule has 0 bridgehead atoms. The van der Waals surface area contributed by atoms with Crippen LogP contribution in [0.1, 0.15) is 54.3 Å². The first-order valence-electron chi connectivity index (χ1n) is 14.3. The molecule has 0 heterocycles. The van der Waals surface area contributed by atoms with Crippen LogP contribution in [0.5, 0.6) is 0 Å². The Kier molecular flexibility index (Phi) is 10.7. The third-order valence-electron chi connectivity index (χ3n) is 7.88. The number of hydrogen-bond acceptors (Lipinski definition) is 4. The van der Waals surface area contributed by atoms with Crippen molar-refractivity contribution in [2.24, 2.45) is 11.7 Å². The highest BCUT2D eigenvalue weighted by Crippen LogP contribution is 2.38. The predicted octanol–water partition coefficient (Wildman–Crippen LogP) is 5.15. The lowest BCUT2D eigenvalue weighted by Crippen LogP contribution is -2.42. The molecule has 1 aliphatic rings. The largest absolute Gasteiger partial charge is 0.383 e. The Morgan fingerprint density at radius 2 is 1.64 bits per heavy atom. The van der Waals surface area contributed by atoms with Gasteiger partial charge in [0.2, 0.25) is 11.8 Å². The van der Waals surface area contributed by atoms with Gasteiger partial charge in [0.15, 0.2) is 0 Å². The Morgan fingerprint density at radius 3 is 2.29 bits per heavy atom. The van der Waals surface area contributed by atoms with Crippen LogP contribution in [0.15, 0.2) is 78.9 Å². The van der Waals surface area contributed by atoms with Crippen molar-refractivity contribution < 1.29 is 23.5 Å². The molecule has 1 aliphatic carbocycles. The summed E-state index contributed by atoms with van der Waals surface area (Å²) in [5.74, 6) is -1.72. The maximum Gasteiger partial charge on any atom is 0.324 e. The monoisotopic (exact) mass is 574 g/mol. The number of halogens is 1. The summed E-state index contributed by atoms with van der Waals surface area (Å²) in [4.78, 5) is 42.4. The van der Waals surface area contributed by atoms with Crippen LogP contribution in [0.4, 0.5) is 14.9 Å². The summed E-state index contributed by atoms with van der Waals surface area (Å²) in [5.41, 5.74) is 8.84. The Bertz CT molecular complexity index is 1330. The number of nitrogens with one attached hydrogen (secondary N) is 1. The van der Waals surface area contributed by atoms with Gasteiger partial charge in [-0.15, -0.1) is 0 Å². The average molecular weight is 575 g/mol. The van der Waals surface area contributed by atoms with Gasteiger partial charge in [-0.25, -0.2) is 9.18 Å². The molecule has 0 aliphatic heterocycles. The molecule has 3 N–H and O–H groups in total. The highest BCUT2D eigenvalue weighted by molar-refractivity contribution is 5.92. The first-order chi connectivity index (χ1) is 20.3. The van der Waals surface area contributed by atoms with E-state index in [9.17, 15) is 18.8 Å². The molecule has 0 spiro atoms. The standard InChI is InChI=1S/C33H39FN4O4/c1-37(20-21-42-2)33(41)38(27-8-4-3-5-9-27)22-23-12-14-24(15-13-23)28-10-6-7-11-29(28)32(40)36-30(31(35)39)25-16-18-26(34)19-17-25/h3-5,8-9,12-19,28-30H,6-7,10-11,20-22H2,1-2H3,(H2,35,39)(H,36,40). The van der Waals surface area contributed by atoms with E-state index in [1.165, 1.54) is 24.3 Å². The second-order valence-corrected chi connectivity index (χ2v) is 10.8. The van der Waals surface area contributed by atoms with Crippen molar-refractivity contribution in [3.63, 3.8) is 0 Å². The Labute approximate surface area is 246 Å². The van der Waals surface area contributed by atoms with E-state index in [1.54, 1.807) is 24.0 Å². The highest BCUT2D eigenvalue weighted by atomic mass is 19.1. The quantitative estimate of drug-likeness (QED) is 0.331. The second kappa shape index (κ2) is 14.6. The minimum Gasteiger partial charge on any atom is -0.383 e. The number of hydrogen-bond donors (Lipinski definition) is 2. The molecule has 3 aromatic rings. The number of urea groups is 1. The topological polar surface area (TPSA) is 105 Å². The molecule has 0 aromatic heterocycles. The van der Waals surface area contributed by atoms with Crippen molar-refractivity contribution in [3.05, 3.63) is 101 Å². The summed E-state index contributed by atoms with van der Waals surface area (Å²) in [6.07, 6.45) is 3.44. The van der Waals surface area contributed by atoms with Gasteiger partial charge in [0.1, 0.15) is 11.9 Å². The first-order valence-corrected chi connectivity index (χ1v) is 14.3. The Hall–Kier alpha value is -4.24. The molecule has 9 heteroatoms. The molecule has 4 rings (SSSR count). The van der Waals surface area contributed by atoms with Gasteiger partial charge in [-0.2, -0.15) is 0 Å². The number of ether oxygens (including phenoxy) is 1. The third kappa shape index (κ3) is 7.73. The van der Waals surface area contributed by atoms with E-state index >= 15 is 0 Å². The minimum atomic E-state index is -1.04. The Morgan fingerprint density at radius 1 is 0.976 bits per heavy atom. The van der Waals surface area contributed by atoms with E-state index < -0.39 is 17.8 Å². The van der Waals surface area contributed by atoms with Crippen LogP contribution in [-0.4, -0.2) is 50.1 Å². The third-order valence-corrected chi connectivity index (χ3v) is 7.88. The van der Waals surface area contributed by atoms with Gasteiger partial charge in [0.25, 0.3) is 0 Å². The van der Waals surface area contributed by atoms with Gasteiger partial charge < -0.3 is 20.7 Å². The summed E-state index contributed by atoms with van der Waals surface area (Å²) >= 11 is 0. The van der Waals surface area contributed by atoms with Crippen LogP contribution in [0.2, 0.25) is 0 Å². The van der Waals surface area contributed by atoms with E-state index in [0.717, 1.165) is 36.1 Å². The Balaban J connectivity index is 1.50. The lowest BCUT2D eigenvalue weighted by molar-refractivity contribution is -0.131. The van der Waals surface area contributed by atoms with Crippen molar-refractivity contribution >= 4 is 23.5 Å². The number of rotatable bonds is 11. The highest BCUT2D eigenvalue weighted by Gasteiger charge is 2.34. The number of anilines is 1. The lowest BCUT2D eigenvalue weighted by atomic mass is 9.74. The summed E-state index contributed by atoms with van der Waals surface area (Å²) < 4.78 is 18.6. The molecule has 42 heavy (non-hydrogen) atoms. The van der Waals surface area contributed by atoms with Crippen LogP contribution in [-0.2, 0) is 20.9 Å². The van der Waals surface area contributed by atoms with Gasteiger partial charge in [0, 0.05) is 32.3 Å². The maximum atomic E-state index is 13.5. The lowest BCUT2D eigenvalue weighted by Gasteiger charge is -2.32. The van der Waals surface area contributed by atoms with Crippen LogP contribution in [0.3, 0.4) is 0 Å². The molecule has 4 amide bonds. The van der Waals surface area contributed by atoms with Gasteiger partial charge >= 0.3 is 6.03 Å². The number of methoxy groups -OCH3 is 1. The second-order valence-electron chi connectivity index (χ2n) is 10.8. The summed E-state index contributed by atoms with van der Waals surface area (Å²) in [7, 11) is 3.37. The minimum absolute atomic E-state index is 0.0263. The van der Waals surface area contributed by atoms with Gasteiger partial charge in [-0.05, 0) is 59.7 Å². The molecular formula is C33H39FN4O4. The van der Waals surface area contributed by atoms with Gasteiger partial charge in [-0.1, -0.05) is 67.4 Å². The van der Waals surface area contributed by atoms with E-state index in [1.807, 2.05) is 54.6 Å². The van der Waals surface area contributed by atoms with E-state index in [-0.39, 0.29) is 23.8 Å². The molecule has 3 aromatic carbocycles. The van der Waals surface area contributed by atoms with Gasteiger partial charge in [0.05, 0.1) is 13.2 Å². The van der Waals surface area contributed by atoms with Crippen molar-refractivity contribution in [1.82, 2.24) is 10.2 Å². The zero-order valence-corrected chi connectivity index (χ0v) is 24.2. The number of carbonyl (C=O) groups is 3. The average Bonchev–Trinajstić information content (AvgIpc) is 3.02. The normalized spacial score (nSPS) is 17.2. The molecule has 3 unspecified atom stereocenters. The van der Waals surface area contributed by atoms with Gasteiger partial charge in [-0.3, -0.25) is 14.5 Å². The number of likely N-dealkylation sites (N-methyl/N-ethyl adjacent to an activating group) is 1. The number of nitrogens with two attached hydrogens (primary N) is 1. The van der Waals surface area contributed by atoms with Crippen LogP contribution < -0.4 is 16.0 Å². The molecule has 8 nitrogen and oxygen atoms in total. The fraction of sp³-hybridized carbons (Fsp3) is 0.364. The fourth-order valence-electron chi connectivity index (χ4n) is 5.53. The smallest absolute Gasteiger partial charge is 0.324 e. The number of primary amides is 1. The number of carbonyl (C=O) groups excluding carboxylic acids is 3. The van der Waals surface area contributed by atoms with Crippen molar-refractivity contribution in [1.29, 1.82) is 0 Å². The van der Waals surface area contributed by atoms with Crippen molar-refractivity contribution in [2.45, 2.75) is 44.2 Å². The first kappa shape index (κ1) is 30.7. The number of para-hydroxylation sites is 1. The molecule has 3 atom stereocenters. The SMILES string of the molecule is COCCN(C)C(=O)N(Cc1ccc(C2CCCCC2C(=O)NC(C(N)=O)c2ccc(F)cc2)cc1)c1ccccc1. The zero-order chi connectivity index (χ0) is 30.1. The van der Waals surface area contributed by atoms with Crippen molar-refractivity contribution in [2.75, 3.05) is 32.2 Å². The molecule has 1 saturated carbocycles. The molecule has 0 saturated heterocycles. The maximum absolute atomic E-state index is 13.5. The zero-order valence-electron chi connectivity index (χ0n) is 24.2. The van der Waals surface area contributed by atoms with E-state index in [4.69, 9.17) is 10.5 Å². The summed E-state index contributed by atoms with van der Waals surface area (Å²) in [5, 5.41) is 2.82. The van der Waals surface area contributed by atoms with Crippen LogP contribution in [0, 0.1) is 11.7 Å². The van der Waals surface area contributed by atoms with E-state index in [2.05, 4.69) is 5.32 Å².